The van der Waals surface area contributed by atoms with Crippen LogP contribution in [0.1, 0.15) is 0 Å². The molecule has 2 rings (SSSR count). The topological polar surface area (TPSA) is 20.2 Å². The van der Waals surface area contributed by atoms with Gasteiger partial charge in [0.1, 0.15) is 0 Å². The van der Waals surface area contributed by atoms with Gasteiger partial charge in [0.25, 0.3) is 0 Å². The second kappa shape index (κ2) is 3.00. The Kier molecular flexibility index (Phi) is 1.96. The van der Waals surface area contributed by atoms with E-state index in [-0.39, 0.29) is 5.75 Å². The maximum atomic E-state index is 13.4. The molecule has 0 bridgehead atoms. The molecule has 2 aromatic rings. The van der Waals surface area contributed by atoms with E-state index in [2.05, 4.69) is 15.9 Å². The molecule has 3 heteroatoms. The van der Waals surface area contributed by atoms with E-state index in [0.717, 1.165) is 5.39 Å². The molecule has 0 amide bonds. The van der Waals surface area contributed by atoms with Crippen LogP contribution in [-0.2, 0) is 0 Å². The van der Waals surface area contributed by atoms with Gasteiger partial charge in [0.2, 0.25) is 0 Å². The van der Waals surface area contributed by atoms with Crippen molar-refractivity contribution in [1.29, 1.82) is 0 Å². The summed E-state index contributed by atoms with van der Waals surface area (Å²) in [7, 11) is 0. The molecule has 0 saturated carbocycles. The fourth-order valence-corrected chi connectivity index (χ4v) is 1.68. The fourth-order valence-electron chi connectivity index (χ4n) is 1.26. The van der Waals surface area contributed by atoms with E-state index in [4.69, 9.17) is 0 Å². The number of hydrogen-bond donors (Lipinski definition) is 1. The first-order valence-electron chi connectivity index (χ1n) is 3.76. The Morgan fingerprint density at radius 3 is 2.69 bits per heavy atom. The lowest BCUT2D eigenvalue weighted by molar-refractivity contribution is 0.433. The molecule has 13 heavy (non-hydrogen) atoms. The van der Waals surface area contributed by atoms with Gasteiger partial charge in [-0.2, -0.15) is 0 Å². The summed E-state index contributed by atoms with van der Waals surface area (Å²) in [4.78, 5) is 0. The number of phenols is 1. The van der Waals surface area contributed by atoms with E-state index in [0.29, 0.717) is 9.86 Å². The largest absolute Gasteiger partial charge is 0.504 e. The van der Waals surface area contributed by atoms with Crippen molar-refractivity contribution in [3.63, 3.8) is 0 Å². The number of halogens is 2. The standard InChI is InChI=1S/C10H6BrFO/c11-8-5-6-3-1-2-4-7(6)9(12)10(8)13/h1-5,13H. The molecule has 0 aliphatic heterocycles. The lowest BCUT2D eigenvalue weighted by Crippen LogP contribution is -1.81. The van der Waals surface area contributed by atoms with Crippen LogP contribution in [0.5, 0.6) is 5.75 Å². The minimum atomic E-state index is -0.579. The third kappa shape index (κ3) is 1.29. The molecule has 0 aromatic heterocycles. The Bertz CT molecular complexity index is 468. The fraction of sp³-hybridized carbons (Fsp3) is 0. The van der Waals surface area contributed by atoms with Crippen LogP contribution in [0.3, 0.4) is 0 Å². The van der Waals surface area contributed by atoms with Crippen LogP contribution in [0.15, 0.2) is 34.8 Å². The summed E-state index contributed by atoms with van der Waals surface area (Å²) < 4.78 is 13.8. The van der Waals surface area contributed by atoms with Gasteiger partial charge in [0, 0.05) is 5.39 Å². The van der Waals surface area contributed by atoms with Crippen molar-refractivity contribution in [1.82, 2.24) is 0 Å². The van der Waals surface area contributed by atoms with Crippen LogP contribution in [-0.4, -0.2) is 5.11 Å². The summed E-state index contributed by atoms with van der Waals surface area (Å²) in [5, 5.41) is 10.5. The van der Waals surface area contributed by atoms with E-state index in [1.807, 2.05) is 6.07 Å². The average Bonchev–Trinajstić information content (AvgIpc) is 2.15. The quantitative estimate of drug-likeness (QED) is 0.748. The molecule has 0 spiro atoms. The van der Waals surface area contributed by atoms with Crippen LogP contribution in [0, 0.1) is 5.82 Å². The number of rotatable bonds is 0. The Morgan fingerprint density at radius 1 is 1.23 bits per heavy atom. The third-order valence-corrected chi connectivity index (χ3v) is 2.52. The van der Waals surface area contributed by atoms with Gasteiger partial charge in [-0.05, 0) is 27.4 Å². The van der Waals surface area contributed by atoms with Crippen molar-refractivity contribution in [2.24, 2.45) is 0 Å². The van der Waals surface area contributed by atoms with Crippen LogP contribution >= 0.6 is 15.9 Å². The summed E-state index contributed by atoms with van der Waals surface area (Å²) in [5.74, 6) is -0.913. The molecule has 0 aliphatic rings. The molecule has 0 saturated heterocycles. The van der Waals surface area contributed by atoms with Crippen LogP contribution in [0.2, 0.25) is 0 Å². The first-order chi connectivity index (χ1) is 6.20. The number of benzene rings is 2. The van der Waals surface area contributed by atoms with E-state index in [9.17, 15) is 9.50 Å². The minimum Gasteiger partial charge on any atom is -0.504 e. The molecule has 0 aliphatic carbocycles. The molecule has 0 fully saturated rings. The summed E-state index contributed by atoms with van der Waals surface area (Å²) in [6.45, 7) is 0. The number of phenolic OH excluding ortho intramolecular Hbond substituents is 1. The zero-order valence-electron chi connectivity index (χ0n) is 6.59. The molecule has 0 atom stereocenters. The van der Waals surface area contributed by atoms with Crippen molar-refractivity contribution < 1.29 is 9.50 Å². The summed E-state index contributed by atoms with van der Waals surface area (Å²) in [6.07, 6.45) is 0. The first-order valence-corrected chi connectivity index (χ1v) is 4.55. The molecule has 0 unspecified atom stereocenters. The Labute approximate surface area is 82.9 Å². The number of aromatic hydroxyl groups is 1. The predicted molar refractivity (Wildman–Crippen MR) is 53.3 cm³/mol. The maximum absolute atomic E-state index is 13.4. The van der Waals surface area contributed by atoms with E-state index in [1.165, 1.54) is 0 Å². The zero-order chi connectivity index (χ0) is 9.42. The highest BCUT2D eigenvalue weighted by molar-refractivity contribution is 9.10. The van der Waals surface area contributed by atoms with Gasteiger partial charge in [-0.25, -0.2) is 4.39 Å². The van der Waals surface area contributed by atoms with Gasteiger partial charge < -0.3 is 5.11 Å². The molecule has 66 valence electrons. The number of hydrogen-bond acceptors (Lipinski definition) is 1. The van der Waals surface area contributed by atoms with Gasteiger partial charge in [0.05, 0.1) is 4.47 Å². The lowest BCUT2D eigenvalue weighted by atomic mass is 10.1. The van der Waals surface area contributed by atoms with Gasteiger partial charge in [-0.1, -0.05) is 24.3 Å². The SMILES string of the molecule is Oc1c(Br)cc2ccccc2c1F. The summed E-state index contributed by atoms with van der Waals surface area (Å²) in [5.41, 5.74) is 0. The molecule has 0 heterocycles. The van der Waals surface area contributed by atoms with Crippen molar-refractivity contribution in [3.8, 4) is 5.75 Å². The molecule has 0 radical (unpaired) electrons. The monoisotopic (exact) mass is 240 g/mol. The van der Waals surface area contributed by atoms with Gasteiger partial charge in [-0.3, -0.25) is 0 Å². The number of fused-ring (bicyclic) bond motifs is 1. The molecular weight excluding hydrogens is 235 g/mol. The molecular formula is C10H6BrFO. The molecule has 1 N–H and O–H groups in total. The van der Waals surface area contributed by atoms with Crippen LogP contribution in [0.4, 0.5) is 4.39 Å². The van der Waals surface area contributed by atoms with Crippen LogP contribution in [0.25, 0.3) is 10.8 Å². The van der Waals surface area contributed by atoms with Crippen molar-refractivity contribution in [3.05, 3.63) is 40.6 Å². The van der Waals surface area contributed by atoms with Gasteiger partial charge in [0.15, 0.2) is 11.6 Å². The van der Waals surface area contributed by atoms with Crippen molar-refractivity contribution in [2.45, 2.75) is 0 Å². The molecule has 2 aromatic carbocycles. The van der Waals surface area contributed by atoms with E-state index < -0.39 is 5.82 Å². The van der Waals surface area contributed by atoms with Crippen molar-refractivity contribution >= 4 is 26.7 Å². The van der Waals surface area contributed by atoms with Crippen LogP contribution < -0.4 is 0 Å². The maximum Gasteiger partial charge on any atom is 0.173 e. The smallest absolute Gasteiger partial charge is 0.173 e. The normalized spacial score (nSPS) is 10.6. The third-order valence-electron chi connectivity index (χ3n) is 1.91. The van der Waals surface area contributed by atoms with E-state index >= 15 is 0 Å². The van der Waals surface area contributed by atoms with Crippen molar-refractivity contribution in [2.75, 3.05) is 0 Å². The Morgan fingerprint density at radius 2 is 1.92 bits per heavy atom. The predicted octanol–water partition coefficient (Wildman–Crippen LogP) is 3.45. The minimum absolute atomic E-state index is 0.335. The lowest BCUT2D eigenvalue weighted by Gasteiger charge is -2.03. The second-order valence-corrected chi connectivity index (χ2v) is 3.60. The second-order valence-electron chi connectivity index (χ2n) is 2.74. The molecule has 1 nitrogen and oxygen atoms in total. The summed E-state index contributed by atoms with van der Waals surface area (Å²) in [6, 6.07) is 8.68. The highest BCUT2D eigenvalue weighted by Crippen LogP contribution is 2.32. The Balaban J connectivity index is 2.94. The highest BCUT2D eigenvalue weighted by atomic mass is 79.9. The van der Waals surface area contributed by atoms with Gasteiger partial charge in [-0.15, -0.1) is 0 Å². The van der Waals surface area contributed by atoms with Gasteiger partial charge >= 0.3 is 0 Å². The highest BCUT2D eigenvalue weighted by Gasteiger charge is 2.09. The first kappa shape index (κ1) is 8.51. The Hall–Kier alpha value is -1.09. The summed E-state index contributed by atoms with van der Waals surface area (Å²) >= 11 is 3.08. The van der Waals surface area contributed by atoms with E-state index in [1.54, 1.807) is 24.3 Å². The average molecular weight is 241 g/mol. The zero-order valence-corrected chi connectivity index (χ0v) is 8.18.